The molecular formula is C21H26N2O3. The number of hydrogen-bond acceptors (Lipinski definition) is 4. The summed E-state index contributed by atoms with van der Waals surface area (Å²) < 4.78 is 11.0. The van der Waals surface area contributed by atoms with Gasteiger partial charge in [-0.3, -0.25) is 4.79 Å². The summed E-state index contributed by atoms with van der Waals surface area (Å²) in [6.45, 7) is 6.04. The zero-order valence-corrected chi connectivity index (χ0v) is 15.5. The van der Waals surface area contributed by atoms with Crippen LogP contribution in [0, 0.1) is 6.92 Å². The van der Waals surface area contributed by atoms with E-state index in [1.807, 2.05) is 31.2 Å². The van der Waals surface area contributed by atoms with Crippen molar-refractivity contribution in [1.29, 1.82) is 0 Å². The van der Waals surface area contributed by atoms with Gasteiger partial charge in [-0.2, -0.15) is 0 Å². The molecule has 1 fully saturated rings. The van der Waals surface area contributed by atoms with Gasteiger partial charge in [0.15, 0.2) is 6.61 Å². The molecule has 138 valence electrons. The van der Waals surface area contributed by atoms with Crippen LogP contribution in [-0.4, -0.2) is 50.8 Å². The minimum atomic E-state index is -0.0390. The number of benzene rings is 2. The maximum absolute atomic E-state index is 12.3. The molecule has 0 spiro atoms. The number of morpholine rings is 1. The smallest absolute Gasteiger partial charge is 0.260 e. The first-order valence-electron chi connectivity index (χ1n) is 8.97. The first-order valence-corrected chi connectivity index (χ1v) is 8.97. The van der Waals surface area contributed by atoms with Gasteiger partial charge in [-0.1, -0.05) is 29.8 Å². The summed E-state index contributed by atoms with van der Waals surface area (Å²) in [5.41, 5.74) is 3.48. The second-order valence-corrected chi connectivity index (χ2v) is 6.62. The molecule has 0 aliphatic carbocycles. The van der Waals surface area contributed by atoms with E-state index in [-0.39, 0.29) is 12.5 Å². The SMILES string of the molecule is Cc1ccc(OCC(=O)N(C)Cc2ccc(N3CCOCC3)cc2)cc1. The quantitative estimate of drug-likeness (QED) is 0.800. The number of aryl methyl sites for hydroxylation is 1. The van der Waals surface area contributed by atoms with Gasteiger partial charge >= 0.3 is 0 Å². The molecule has 5 nitrogen and oxygen atoms in total. The third kappa shape index (κ3) is 4.99. The maximum Gasteiger partial charge on any atom is 0.260 e. The highest BCUT2D eigenvalue weighted by molar-refractivity contribution is 5.77. The van der Waals surface area contributed by atoms with Crippen LogP contribution in [0.1, 0.15) is 11.1 Å². The van der Waals surface area contributed by atoms with Crippen LogP contribution in [0.25, 0.3) is 0 Å². The van der Waals surface area contributed by atoms with E-state index < -0.39 is 0 Å². The lowest BCUT2D eigenvalue weighted by molar-refractivity contribution is -0.132. The van der Waals surface area contributed by atoms with Crippen molar-refractivity contribution >= 4 is 11.6 Å². The number of ether oxygens (including phenoxy) is 2. The standard InChI is InChI=1S/C21H26N2O3/c1-17-3-9-20(10-4-17)26-16-21(24)22(2)15-18-5-7-19(8-6-18)23-11-13-25-14-12-23/h3-10H,11-16H2,1-2H3. The number of nitrogens with zero attached hydrogens (tertiary/aromatic N) is 2. The first kappa shape index (κ1) is 18.3. The molecule has 1 aliphatic heterocycles. The van der Waals surface area contributed by atoms with Crippen LogP contribution < -0.4 is 9.64 Å². The first-order chi connectivity index (χ1) is 12.6. The van der Waals surface area contributed by atoms with Gasteiger partial charge in [0.2, 0.25) is 0 Å². The lowest BCUT2D eigenvalue weighted by Crippen LogP contribution is -2.36. The van der Waals surface area contributed by atoms with Crippen molar-refractivity contribution in [3.63, 3.8) is 0 Å². The highest BCUT2D eigenvalue weighted by Gasteiger charge is 2.13. The third-order valence-electron chi connectivity index (χ3n) is 4.54. The summed E-state index contributed by atoms with van der Waals surface area (Å²) in [6, 6.07) is 16.1. The van der Waals surface area contributed by atoms with Gasteiger partial charge in [-0.25, -0.2) is 0 Å². The Morgan fingerprint density at radius 2 is 1.73 bits per heavy atom. The minimum Gasteiger partial charge on any atom is -0.484 e. The summed E-state index contributed by atoms with van der Waals surface area (Å²) in [5.74, 6) is 0.676. The number of carbonyl (C=O) groups excluding carboxylic acids is 1. The Morgan fingerprint density at radius 1 is 1.08 bits per heavy atom. The highest BCUT2D eigenvalue weighted by Crippen LogP contribution is 2.17. The third-order valence-corrected chi connectivity index (χ3v) is 4.54. The maximum atomic E-state index is 12.3. The van der Waals surface area contributed by atoms with Crippen molar-refractivity contribution in [2.24, 2.45) is 0 Å². The average Bonchev–Trinajstić information content (AvgIpc) is 2.68. The Balaban J connectivity index is 1.49. The number of anilines is 1. The molecule has 1 aliphatic rings. The summed E-state index contributed by atoms with van der Waals surface area (Å²) in [6.07, 6.45) is 0. The fraction of sp³-hybridized carbons (Fsp3) is 0.381. The summed E-state index contributed by atoms with van der Waals surface area (Å²) in [4.78, 5) is 16.3. The molecule has 2 aromatic rings. The second-order valence-electron chi connectivity index (χ2n) is 6.62. The van der Waals surface area contributed by atoms with E-state index in [4.69, 9.17) is 9.47 Å². The van der Waals surface area contributed by atoms with E-state index in [0.717, 1.165) is 31.9 Å². The number of carbonyl (C=O) groups is 1. The van der Waals surface area contributed by atoms with Crippen molar-refractivity contribution in [3.05, 3.63) is 59.7 Å². The zero-order chi connectivity index (χ0) is 18.4. The molecule has 0 atom stereocenters. The molecule has 0 saturated carbocycles. The van der Waals surface area contributed by atoms with Crippen LogP contribution in [0.5, 0.6) is 5.75 Å². The lowest BCUT2D eigenvalue weighted by atomic mass is 10.1. The molecule has 1 heterocycles. The van der Waals surface area contributed by atoms with Gasteiger partial charge in [-0.05, 0) is 36.8 Å². The Bertz CT molecular complexity index is 707. The van der Waals surface area contributed by atoms with Gasteiger partial charge < -0.3 is 19.3 Å². The molecule has 0 unspecified atom stereocenters. The Kier molecular flexibility index (Phi) is 6.12. The molecule has 5 heteroatoms. The van der Waals surface area contributed by atoms with E-state index in [1.165, 1.54) is 11.3 Å². The fourth-order valence-corrected chi connectivity index (χ4v) is 2.89. The van der Waals surface area contributed by atoms with Crippen molar-refractivity contribution in [2.45, 2.75) is 13.5 Å². The van der Waals surface area contributed by atoms with Gasteiger partial charge in [0.05, 0.1) is 13.2 Å². The predicted octanol–water partition coefficient (Wildman–Crippen LogP) is 2.87. The number of hydrogen-bond donors (Lipinski definition) is 0. The largest absolute Gasteiger partial charge is 0.484 e. The van der Waals surface area contributed by atoms with Crippen LogP contribution in [0.2, 0.25) is 0 Å². The highest BCUT2D eigenvalue weighted by atomic mass is 16.5. The summed E-state index contributed by atoms with van der Waals surface area (Å²) in [5, 5.41) is 0. The van der Waals surface area contributed by atoms with E-state index in [1.54, 1.807) is 11.9 Å². The molecule has 0 radical (unpaired) electrons. The van der Waals surface area contributed by atoms with E-state index in [2.05, 4.69) is 29.2 Å². The second kappa shape index (κ2) is 8.72. The molecule has 2 aromatic carbocycles. The van der Waals surface area contributed by atoms with Crippen molar-refractivity contribution in [2.75, 3.05) is 44.9 Å². The monoisotopic (exact) mass is 354 g/mol. The Hall–Kier alpha value is -2.53. The molecule has 0 bridgehead atoms. The fourth-order valence-electron chi connectivity index (χ4n) is 2.89. The summed E-state index contributed by atoms with van der Waals surface area (Å²) >= 11 is 0. The van der Waals surface area contributed by atoms with Gasteiger partial charge in [0.25, 0.3) is 5.91 Å². The van der Waals surface area contributed by atoms with E-state index in [9.17, 15) is 4.79 Å². The van der Waals surface area contributed by atoms with Crippen molar-refractivity contribution in [1.82, 2.24) is 4.90 Å². The predicted molar refractivity (Wildman–Crippen MR) is 103 cm³/mol. The zero-order valence-electron chi connectivity index (χ0n) is 15.5. The van der Waals surface area contributed by atoms with Gasteiger partial charge in [0.1, 0.15) is 5.75 Å². The number of rotatable bonds is 6. The summed E-state index contributed by atoms with van der Waals surface area (Å²) in [7, 11) is 1.80. The van der Waals surface area contributed by atoms with Crippen LogP contribution in [0.3, 0.4) is 0 Å². The molecule has 0 N–H and O–H groups in total. The van der Waals surface area contributed by atoms with Crippen LogP contribution in [0.15, 0.2) is 48.5 Å². The van der Waals surface area contributed by atoms with Crippen molar-refractivity contribution in [3.8, 4) is 5.75 Å². The molecule has 0 aromatic heterocycles. The molecule has 1 saturated heterocycles. The normalized spacial score (nSPS) is 14.2. The number of likely N-dealkylation sites (N-methyl/N-ethyl adjacent to an activating group) is 1. The van der Waals surface area contributed by atoms with Crippen LogP contribution in [0.4, 0.5) is 5.69 Å². The lowest BCUT2D eigenvalue weighted by Gasteiger charge is -2.29. The minimum absolute atomic E-state index is 0.0390. The molecular weight excluding hydrogens is 328 g/mol. The van der Waals surface area contributed by atoms with Crippen molar-refractivity contribution < 1.29 is 14.3 Å². The van der Waals surface area contributed by atoms with E-state index in [0.29, 0.717) is 12.3 Å². The van der Waals surface area contributed by atoms with Gasteiger partial charge in [-0.15, -0.1) is 0 Å². The van der Waals surface area contributed by atoms with E-state index >= 15 is 0 Å². The number of amides is 1. The molecule has 1 amide bonds. The average molecular weight is 354 g/mol. The van der Waals surface area contributed by atoms with Gasteiger partial charge in [0, 0.05) is 32.4 Å². The van der Waals surface area contributed by atoms with Crippen LogP contribution in [-0.2, 0) is 16.1 Å². The Morgan fingerprint density at radius 3 is 2.38 bits per heavy atom. The molecule has 26 heavy (non-hydrogen) atoms. The molecule has 3 rings (SSSR count). The topological polar surface area (TPSA) is 42.0 Å². The Labute approximate surface area is 155 Å². The van der Waals surface area contributed by atoms with Crippen LogP contribution >= 0.6 is 0 Å².